The molecule has 1 aliphatic heterocycles. The monoisotopic (exact) mass is 335 g/mol. The van der Waals surface area contributed by atoms with Crippen LogP contribution in [-0.4, -0.2) is 24.8 Å². The van der Waals surface area contributed by atoms with Gasteiger partial charge in [0.15, 0.2) is 0 Å². The van der Waals surface area contributed by atoms with Gasteiger partial charge in [-0.3, -0.25) is 0 Å². The first-order valence-electron chi connectivity index (χ1n) is 8.54. The molecule has 1 saturated heterocycles. The minimum Gasteiger partial charge on any atom is -0.404 e. The summed E-state index contributed by atoms with van der Waals surface area (Å²) in [7, 11) is -0.273. The summed E-state index contributed by atoms with van der Waals surface area (Å²) in [6, 6.07) is 10.4. The molecule has 4 fully saturated rings. The van der Waals surface area contributed by atoms with Gasteiger partial charge in [0.25, 0.3) is 0 Å². The predicted octanol–water partition coefficient (Wildman–Crippen LogP) is 3.25. The van der Waals surface area contributed by atoms with Crippen molar-refractivity contribution in [2.45, 2.75) is 57.7 Å². The van der Waals surface area contributed by atoms with Gasteiger partial charge in [-0.2, -0.15) is 0 Å². The Balaban J connectivity index is 0.00000156. The van der Waals surface area contributed by atoms with Gasteiger partial charge in [-0.05, 0) is 49.0 Å². The molecule has 126 valence electrons. The zero-order valence-electron chi connectivity index (χ0n) is 14.2. The van der Waals surface area contributed by atoms with Crippen LogP contribution in [0.3, 0.4) is 0 Å². The third-order valence-corrected chi connectivity index (χ3v) is 6.63. The van der Waals surface area contributed by atoms with Crippen LogP contribution in [0.15, 0.2) is 30.3 Å². The van der Waals surface area contributed by atoms with Crippen LogP contribution in [-0.2, 0) is 15.7 Å². The molecule has 0 amide bonds. The number of benzene rings is 1. The molecule has 4 aliphatic rings. The van der Waals surface area contributed by atoms with Crippen LogP contribution in [0.1, 0.15) is 39.2 Å². The van der Waals surface area contributed by atoms with E-state index in [2.05, 4.69) is 45.0 Å². The van der Waals surface area contributed by atoms with Crippen molar-refractivity contribution < 1.29 is 9.31 Å². The summed E-state index contributed by atoms with van der Waals surface area (Å²) in [5, 5.41) is 0. The van der Waals surface area contributed by atoms with Crippen molar-refractivity contribution >= 4 is 19.5 Å². The lowest BCUT2D eigenvalue weighted by molar-refractivity contribution is -0.199. The lowest BCUT2D eigenvalue weighted by atomic mass is 9.43. The second-order valence-corrected chi connectivity index (χ2v) is 8.19. The number of hydrogen-bond donors (Lipinski definition) is 1. The van der Waals surface area contributed by atoms with E-state index in [0.29, 0.717) is 11.3 Å². The highest BCUT2D eigenvalue weighted by molar-refractivity contribution is 6.47. The summed E-state index contributed by atoms with van der Waals surface area (Å²) in [5.74, 6) is 1.27. The first kappa shape index (κ1) is 17.3. The van der Waals surface area contributed by atoms with Gasteiger partial charge in [-0.15, -0.1) is 12.4 Å². The fourth-order valence-electron chi connectivity index (χ4n) is 5.06. The fraction of sp³-hybridized carbons (Fsp3) is 0.667. The Bertz CT molecular complexity index is 569. The molecule has 2 N–H and O–H groups in total. The van der Waals surface area contributed by atoms with Crippen LogP contribution >= 0.6 is 12.4 Å². The third kappa shape index (κ3) is 2.55. The second-order valence-electron chi connectivity index (χ2n) is 8.19. The summed E-state index contributed by atoms with van der Waals surface area (Å²) >= 11 is 0. The zero-order valence-corrected chi connectivity index (χ0v) is 15.0. The van der Waals surface area contributed by atoms with Crippen molar-refractivity contribution in [3.05, 3.63) is 35.9 Å². The molecule has 1 unspecified atom stereocenters. The molecule has 5 atom stereocenters. The molecular weight excluding hydrogens is 308 g/mol. The van der Waals surface area contributed by atoms with Crippen LogP contribution in [0, 0.1) is 17.3 Å². The Morgan fingerprint density at radius 2 is 1.91 bits per heavy atom. The molecule has 23 heavy (non-hydrogen) atoms. The lowest BCUT2D eigenvalue weighted by Gasteiger charge is -2.64. The van der Waals surface area contributed by atoms with Crippen molar-refractivity contribution in [3.63, 3.8) is 0 Å². The number of nitrogens with two attached hydrogens (primary N) is 1. The van der Waals surface area contributed by atoms with Gasteiger partial charge in [0.05, 0.1) is 11.7 Å². The molecule has 2 bridgehead atoms. The first-order chi connectivity index (χ1) is 10.4. The molecule has 1 aromatic carbocycles. The Hall–Kier alpha value is -0.545. The van der Waals surface area contributed by atoms with Gasteiger partial charge in [-0.1, -0.05) is 44.2 Å². The molecule has 0 spiro atoms. The van der Waals surface area contributed by atoms with E-state index < -0.39 is 0 Å². The molecule has 5 rings (SSSR count). The summed E-state index contributed by atoms with van der Waals surface area (Å²) in [6.07, 6.45) is 3.42. The normalized spacial score (nSPS) is 38.3. The number of hydrogen-bond acceptors (Lipinski definition) is 3. The Kier molecular flexibility index (Phi) is 4.33. The standard InChI is InChI=1S/C18H26BNO2.ClH/c1-17(2)13-10-14(17)18(3)15(11-13)21-19(22-18)16(20)9-12-7-5-4-6-8-12;/h4-8,13-16H,9-11,20H2,1-3H3;1H/t13-,14-,15?,16-,18-;/m0./s1. The van der Waals surface area contributed by atoms with E-state index in [1.54, 1.807) is 0 Å². The lowest BCUT2D eigenvalue weighted by Crippen LogP contribution is -2.65. The fourth-order valence-corrected chi connectivity index (χ4v) is 5.06. The van der Waals surface area contributed by atoms with Crippen molar-refractivity contribution in [3.8, 4) is 0 Å². The maximum atomic E-state index is 6.43. The molecule has 3 nitrogen and oxygen atoms in total. The van der Waals surface area contributed by atoms with Gasteiger partial charge in [0.2, 0.25) is 0 Å². The van der Waals surface area contributed by atoms with Crippen molar-refractivity contribution in [1.82, 2.24) is 0 Å². The summed E-state index contributed by atoms with van der Waals surface area (Å²) in [6.45, 7) is 7.01. The molecular formula is C18H27BClNO2. The Labute approximate surface area is 145 Å². The summed E-state index contributed by atoms with van der Waals surface area (Å²) in [4.78, 5) is 0. The molecule has 3 saturated carbocycles. The van der Waals surface area contributed by atoms with E-state index in [4.69, 9.17) is 15.0 Å². The van der Waals surface area contributed by atoms with E-state index in [1.807, 2.05) is 6.07 Å². The van der Waals surface area contributed by atoms with Crippen LogP contribution in [0.25, 0.3) is 0 Å². The largest absolute Gasteiger partial charge is 0.475 e. The van der Waals surface area contributed by atoms with Gasteiger partial charge < -0.3 is 15.0 Å². The SMILES string of the molecule is CC1(C)[C@@H]2CC3OB([C@@H](N)Cc4ccccc4)O[C@@]3(C)[C@H]1C2.Cl. The van der Waals surface area contributed by atoms with Crippen molar-refractivity contribution in [2.24, 2.45) is 23.0 Å². The van der Waals surface area contributed by atoms with E-state index in [1.165, 1.54) is 12.0 Å². The molecule has 1 heterocycles. The minimum atomic E-state index is -0.273. The maximum absolute atomic E-state index is 6.43. The van der Waals surface area contributed by atoms with Gasteiger partial charge >= 0.3 is 7.12 Å². The van der Waals surface area contributed by atoms with E-state index in [0.717, 1.165) is 18.8 Å². The second kappa shape index (κ2) is 5.77. The average molecular weight is 336 g/mol. The number of rotatable bonds is 3. The topological polar surface area (TPSA) is 44.5 Å². The zero-order chi connectivity index (χ0) is 15.5. The van der Waals surface area contributed by atoms with Crippen molar-refractivity contribution in [1.29, 1.82) is 0 Å². The maximum Gasteiger partial charge on any atom is 0.475 e. The van der Waals surface area contributed by atoms with Crippen LogP contribution < -0.4 is 5.73 Å². The summed E-state index contributed by atoms with van der Waals surface area (Å²) < 4.78 is 12.7. The van der Waals surface area contributed by atoms with Crippen molar-refractivity contribution in [2.75, 3.05) is 0 Å². The number of halogens is 1. The van der Waals surface area contributed by atoms with E-state index >= 15 is 0 Å². The van der Waals surface area contributed by atoms with Gasteiger partial charge in [-0.25, -0.2) is 0 Å². The Morgan fingerprint density at radius 3 is 2.57 bits per heavy atom. The van der Waals surface area contributed by atoms with Crippen LogP contribution in [0.4, 0.5) is 0 Å². The molecule has 0 aromatic heterocycles. The highest BCUT2D eigenvalue weighted by Crippen LogP contribution is 2.65. The quantitative estimate of drug-likeness (QED) is 0.862. The smallest absolute Gasteiger partial charge is 0.404 e. The highest BCUT2D eigenvalue weighted by Gasteiger charge is 2.68. The average Bonchev–Trinajstić information content (AvgIpc) is 2.85. The summed E-state index contributed by atoms with van der Waals surface area (Å²) in [5.41, 5.74) is 7.87. The van der Waals surface area contributed by atoms with Crippen LogP contribution in [0.2, 0.25) is 0 Å². The third-order valence-electron chi connectivity index (χ3n) is 6.63. The van der Waals surface area contributed by atoms with Gasteiger partial charge in [0, 0.05) is 5.94 Å². The molecule has 1 aromatic rings. The molecule has 3 aliphatic carbocycles. The minimum absolute atomic E-state index is 0. The van der Waals surface area contributed by atoms with E-state index in [-0.39, 0.29) is 37.2 Å². The Morgan fingerprint density at radius 1 is 1.22 bits per heavy atom. The predicted molar refractivity (Wildman–Crippen MR) is 95.5 cm³/mol. The molecule has 0 radical (unpaired) electrons. The first-order valence-corrected chi connectivity index (χ1v) is 8.54. The molecule has 5 heteroatoms. The van der Waals surface area contributed by atoms with Crippen LogP contribution in [0.5, 0.6) is 0 Å². The van der Waals surface area contributed by atoms with E-state index in [9.17, 15) is 0 Å². The van der Waals surface area contributed by atoms with Gasteiger partial charge in [0.1, 0.15) is 0 Å². The highest BCUT2D eigenvalue weighted by atomic mass is 35.5.